The van der Waals surface area contributed by atoms with Gasteiger partial charge >= 0.3 is 13.6 Å². The van der Waals surface area contributed by atoms with Crippen LogP contribution >= 0.6 is 0 Å². The fourth-order valence-electron chi connectivity index (χ4n) is 7.76. The smallest absolute Gasteiger partial charge is 0.407 e. The number of aromatic amines is 1. The summed E-state index contributed by atoms with van der Waals surface area (Å²) in [6.45, 7) is 11.7. The lowest BCUT2D eigenvalue weighted by Crippen LogP contribution is -2.53. The second kappa shape index (κ2) is 12.4. The summed E-state index contributed by atoms with van der Waals surface area (Å²) in [4.78, 5) is 37.1. The maximum atomic E-state index is 14.2. The Bertz CT molecular complexity index is 1930. The number of imidazole rings is 1. The summed E-state index contributed by atoms with van der Waals surface area (Å²) in [7, 11) is 1.71. The van der Waals surface area contributed by atoms with Crippen molar-refractivity contribution in [2.45, 2.75) is 103 Å². The van der Waals surface area contributed by atoms with E-state index in [0.29, 0.717) is 20.0 Å². The van der Waals surface area contributed by atoms with Crippen LogP contribution in [0.5, 0.6) is 5.75 Å². The molecule has 0 unspecified atom stereocenters. The van der Waals surface area contributed by atoms with Crippen molar-refractivity contribution in [2.75, 3.05) is 7.11 Å². The van der Waals surface area contributed by atoms with Crippen molar-refractivity contribution in [3.8, 4) is 16.9 Å². The van der Waals surface area contributed by atoms with Gasteiger partial charge in [0.1, 0.15) is 24.2 Å². The second-order valence-electron chi connectivity index (χ2n) is 15.4. The maximum Gasteiger partial charge on any atom is 0.407 e. The van der Waals surface area contributed by atoms with Crippen LogP contribution in [0.3, 0.4) is 0 Å². The number of rotatable bonds is 8. The third-order valence-corrected chi connectivity index (χ3v) is 11.3. The Morgan fingerprint density at radius 1 is 1.10 bits per heavy atom. The molecule has 1 aliphatic carbocycles. The molecule has 7 rings (SSSR count). The zero-order valence-corrected chi connectivity index (χ0v) is 29.6. The summed E-state index contributed by atoms with van der Waals surface area (Å²) < 4.78 is 17.3. The molecule has 1 aromatic heterocycles. The summed E-state index contributed by atoms with van der Waals surface area (Å²) in [5, 5.41) is 15.4. The number of alkyl carbamates (subject to hydrolysis) is 1. The summed E-state index contributed by atoms with van der Waals surface area (Å²) in [6.07, 6.45) is 3.38. The van der Waals surface area contributed by atoms with E-state index in [1.54, 1.807) is 13.8 Å². The van der Waals surface area contributed by atoms with E-state index in [1.807, 2.05) is 38.7 Å². The van der Waals surface area contributed by atoms with Gasteiger partial charge in [-0.05, 0) is 93.5 Å². The van der Waals surface area contributed by atoms with Crippen LogP contribution in [0.15, 0.2) is 42.5 Å². The fourth-order valence-corrected chi connectivity index (χ4v) is 7.76. The van der Waals surface area contributed by atoms with E-state index in [2.05, 4.69) is 46.7 Å². The molecule has 11 heteroatoms. The average molecular weight is 667 g/mol. The van der Waals surface area contributed by atoms with E-state index in [1.165, 1.54) is 7.11 Å². The number of nitrogens with one attached hydrogen (secondary N) is 2. The minimum Gasteiger partial charge on any atom is -0.488 e. The fraction of sp³-hybridized carbons (Fsp3) is 0.500. The number of methoxy groups -OCH3 is 1. The number of fused-ring (bicyclic) bond motifs is 7. The van der Waals surface area contributed by atoms with E-state index in [9.17, 15) is 14.7 Å². The number of ether oxygens (including phenoxy) is 2. The van der Waals surface area contributed by atoms with E-state index >= 15 is 0 Å². The molecule has 2 fully saturated rings. The lowest BCUT2D eigenvalue weighted by atomic mass is 9.80. The average Bonchev–Trinajstić information content (AvgIpc) is 3.79. The summed E-state index contributed by atoms with van der Waals surface area (Å²) >= 11 is 0. The molecule has 3 aliphatic rings. The van der Waals surface area contributed by atoms with Crippen molar-refractivity contribution in [2.24, 2.45) is 11.8 Å². The number of nitrogens with zero attached hydrogens (tertiary/aromatic N) is 2. The number of benzene rings is 3. The Morgan fingerprint density at radius 2 is 1.90 bits per heavy atom. The lowest BCUT2D eigenvalue weighted by molar-refractivity contribution is -0.137. The zero-order chi connectivity index (χ0) is 34.8. The molecule has 0 bridgehead atoms. The number of aromatic nitrogens is 2. The van der Waals surface area contributed by atoms with Gasteiger partial charge in [-0.15, -0.1) is 0 Å². The summed E-state index contributed by atoms with van der Waals surface area (Å²) in [5.41, 5.74) is 4.38. The predicted molar refractivity (Wildman–Crippen MR) is 191 cm³/mol. The Labute approximate surface area is 288 Å². The van der Waals surface area contributed by atoms with E-state index in [-0.39, 0.29) is 23.9 Å². The van der Waals surface area contributed by atoms with Gasteiger partial charge in [-0.2, -0.15) is 0 Å². The number of carbonyl (C=O) groups is 2. The van der Waals surface area contributed by atoms with Crippen molar-refractivity contribution in [3.63, 3.8) is 0 Å². The standard InChI is InChI=1S/C38H47BN4O6/c1-20(2)32(42-36(45)47-7)35(44)43-29-10-8-9-22(29)17-30(43)34-40-28-14-11-21-16-27-25-13-12-24(39-49-38(5,6)37(3,4)46)15-23(25)19-48-31(27)18-26(21)33(28)41-34/h11-16,18,20,22,29-30,32,39,46H,8-10,17,19H2,1-7H3,(H,40,41)(H,42,45)/t22-,29-,30-,32-/m0/s1. The Morgan fingerprint density at radius 3 is 2.63 bits per heavy atom. The van der Waals surface area contributed by atoms with Crippen molar-refractivity contribution in [1.29, 1.82) is 0 Å². The van der Waals surface area contributed by atoms with Crippen LogP contribution in [0.1, 0.15) is 84.7 Å². The second-order valence-corrected chi connectivity index (χ2v) is 15.4. The van der Waals surface area contributed by atoms with Gasteiger partial charge in [0.05, 0.1) is 35.4 Å². The molecule has 1 saturated carbocycles. The Kier molecular flexibility index (Phi) is 8.42. The molecule has 258 valence electrons. The minimum atomic E-state index is -0.974. The van der Waals surface area contributed by atoms with Gasteiger partial charge in [-0.1, -0.05) is 50.0 Å². The quantitative estimate of drug-likeness (QED) is 0.208. The molecular weight excluding hydrogens is 619 g/mol. The highest BCUT2D eigenvalue weighted by molar-refractivity contribution is 6.47. The van der Waals surface area contributed by atoms with Crippen LogP contribution in [-0.4, -0.2) is 69.9 Å². The van der Waals surface area contributed by atoms with Gasteiger partial charge in [-0.25, -0.2) is 9.78 Å². The van der Waals surface area contributed by atoms with Crippen LogP contribution in [0.2, 0.25) is 0 Å². The largest absolute Gasteiger partial charge is 0.488 e. The molecular formula is C38H47BN4O6. The van der Waals surface area contributed by atoms with E-state index in [4.69, 9.17) is 19.1 Å². The molecule has 4 atom stereocenters. The SMILES string of the molecule is COC(=O)N[C@H](C(=O)N1[C@H](c2nc3ccc4cc5c(cc4c3[nH]2)OCc2cc(BOC(C)(C)C(C)(C)O)ccc2-5)C[C@@H]2CCC[C@@H]21)C(C)C. The molecule has 1 saturated heterocycles. The number of carbonyl (C=O) groups excluding carboxylic acids is 2. The van der Waals surface area contributed by atoms with Crippen molar-refractivity contribution < 1.29 is 28.8 Å². The van der Waals surface area contributed by atoms with Crippen LogP contribution in [0.25, 0.3) is 32.9 Å². The van der Waals surface area contributed by atoms with Gasteiger partial charge in [-0.3, -0.25) is 4.79 Å². The number of H-pyrrole nitrogens is 1. The highest BCUT2D eigenvalue weighted by Crippen LogP contribution is 2.48. The van der Waals surface area contributed by atoms with Gasteiger partial charge in [0, 0.05) is 17.0 Å². The number of hydrogen-bond acceptors (Lipinski definition) is 7. The molecule has 3 N–H and O–H groups in total. The summed E-state index contributed by atoms with van der Waals surface area (Å²) in [5.74, 6) is 1.82. The highest BCUT2D eigenvalue weighted by atomic mass is 16.5. The van der Waals surface area contributed by atoms with Crippen LogP contribution in [-0.2, 0) is 20.8 Å². The highest BCUT2D eigenvalue weighted by Gasteiger charge is 2.49. The van der Waals surface area contributed by atoms with Crippen LogP contribution in [0.4, 0.5) is 4.79 Å². The monoisotopic (exact) mass is 666 g/mol. The van der Waals surface area contributed by atoms with Gasteiger partial charge in [0.2, 0.25) is 5.91 Å². The normalized spacial score (nSPS) is 20.9. The number of amides is 2. The van der Waals surface area contributed by atoms with Crippen LogP contribution < -0.4 is 15.5 Å². The first-order valence-corrected chi connectivity index (χ1v) is 17.5. The van der Waals surface area contributed by atoms with Gasteiger partial charge in [0.25, 0.3) is 0 Å². The molecule has 3 aromatic carbocycles. The topological polar surface area (TPSA) is 126 Å². The molecule has 49 heavy (non-hydrogen) atoms. The molecule has 0 radical (unpaired) electrons. The molecule has 2 amide bonds. The van der Waals surface area contributed by atoms with Gasteiger partial charge < -0.3 is 34.4 Å². The van der Waals surface area contributed by atoms with Crippen LogP contribution in [0, 0.1) is 11.8 Å². The first kappa shape index (κ1) is 33.4. The predicted octanol–water partition coefficient (Wildman–Crippen LogP) is 5.64. The Balaban J connectivity index is 1.20. The maximum absolute atomic E-state index is 14.2. The number of hydrogen-bond donors (Lipinski definition) is 3. The number of likely N-dealkylation sites (tertiary alicyclic amines) is 1. The van der Waals surface area contributed by atoms with Crippen molar-refractivity contribution >= 4 is 46.8 Å². The molecule has 3 heterocycles. The van der Waals surface area contributed by atoms with E-state index < -0.39 is 23.3 Å². The first-order chi connectivity index (χ1) is 23.3. The third-order valence-electron chi connectivity index (χ3n) is 11.3. The summed E-state index contributed by atoms with van der Waals surface area (Å²) in [6, 6.07) is 14.0. The van der Waals surface area contributed by atoms with Crippen molar-refractivity contribution in [1.82, 2.24) is 20.2 Å². The minimum absolute atomic E-state index is 0.0816. The van der Waals surface area contributed by atoms with E-state index in [0.717, 1.165) is 81.2 Å². The van der Waals surface area contributed by atoms with Crippen molar-refractivity contribution in [3.05, 3.63) is 53.9 Å². The molecule has 10 nitrogen and oxygen atoms in total. The molecule has 2 aliphatic heterocycles. The first-order valence-electron chi connectivity index (χ1n) is 17.5. The van der Waals surface area contributed by atoms with Gasteiger partial charge in [0.15, 0.2) is 0 Å². The zero-order valence-electron chi connectivity index (χ0n) is 29.6. The lowest BCUT2D eigenvalue weighted by Gasteiger charge is -2.37. The molecule has 0 spiro atoms. The number of aliphatic hydroxyl groups is 1. The molecule has 4 aromatic rings. The third kappa shape index (κ3) is 5.95. The Hall–Kier alpha value is -4.09.